The number of benzene rings is 1. The zero-order valence-corrected chi connectivity index (χ0v) is 12.9. The molecule has 3 heteroatoms. The number of hydrogen-bond donors (Lipinski definition) is 2. The lowest BCUT2D eigenvalue weighted by atomic mass is 9.79. The Morgan fingerprint density at radius 2 is 1.78 bits per heavy atom. The maximum atomic E-state index is 9.38. The zero-order chi connectivity index (χ0) is 12.8. The molecule has 1 saturated carbocycles. The second kappa shape index (κ2) is 7.46. The standard InChI is InChI=1S/C15H22INO/c16-15-7-5-12(6-8-15)9-17-10-13-3-1-2-4-14(13)11-18/h5-8,13-14,17-18H,1-4,9-11H2. The van der Waals surface area contributed by atoms with Crippen LogP contribution in [-0.4, -0.2) is 18.3 Å². The smallest absolute Gasteiger partial charge is 0.0462 e. The highest BCUT2D eigenvalue weighted by Crippen LogP contribution is 2.29. The van der Waals surface area contributed by atoms with Crippen molar-refractivity contribution in [1.29, 1.82) is 0 Å². The number of hydrogen-bond acceptors (Lipinski definition) is 2. The molecular formula is C15H22INO. The third-order valence-corrected chi connectivity index (χ3v) is 4.67. The molecule has 18 heavy (non-hydrogen) atoms. The maximum Gasteiger partial charge on any atom is 0.0462 e. The summed E-state index contributed by atoms with van der Waals surface area (Å²) in [7, 11) is 0. The van der Waals surface area contributed by atoms with E-state index in [1.165, 1.54) is 34.8 Å². The molecule has 1 fully saturated rings. The molecule has 1 aliphatic rings. The fourth-order valence-electron chi connectivity index (χ4n) is 2.80. The van der Waals surface area contributed by atoms with Gasteiger partial charge in [0.15, 0.2) is 0 Å². The summed E-state index contributed by atoms with van der Waals surface area (Å²) >= 11 is 2.33. The van der Waals surface area contributed by atoms with Gasteiger partial charge in [-0.15, -0.1) is 0 Å². The lowest BCUT2D eigenvalue weighted by Gasteiger charge is -2.30. The van der Waals surface area contributed by atoms with Gasteiger partial charge in [0.1, 0.15) is 0 Å². The molecule has 1 aliphatic carbocycles. The van der Waals surface area contributed by atoms with E-state index in [1.807, 2.05) is 0 Å². The average Bonchev–Trinajstić information content (AvgIpc) is 2.41. The predicted molar refractivity (Wildman–Crippen MR) is 83.4 cm³/mol. The molecule has 2 rings (SSSR count). The predicted octanol–water partition coefficient (Wildman–Crippen LogP) is 3.18. The van der Waals surface area contributed by atoms with Crippen molar-refractivity contribution in [2.75, 3.05) is 13.2 Å². The molecule has 0 spiro atoms. The van der Waals surface area contributed by atoms with Crippen molar-refractivity contribution in [3.05, 3.63) is 33.4 Å². The van der Waals surface area contributed by atoms with Crippen LogP contribution in [0.2, 0.25) is 0 Å². The van der Waals surface area contributed by atoms with Crippen LogP contribution in [0.1, 0.15) is 31.2 Å². The summed E-state index contributed by atoms with van der Waals surface area (Å²) in [6.07, 6.45) is 5.09. The Labute approximate surface area is 123 Å². The normalized spacial score (nSPS) is 24.1. The van der Waals surface area contributed by atoms with E-state index in [0.717, 1.165) is 13.1 Å². The van der Waals surface area contributed by atoms with E-state index in [2.05, 4.69) is 52.2 Å². The van der Waals surface area contributed by atoms with Crippen LogP contribution in [0, 0.1) is 15.4 Å². The van der Waals surface area contributed by atoms with Gasteiger partial charge in [0.05, 0.1) is 0 Å². The first kappa shape index (κ1) is 14.3. The van der Waals surface area contributed by atoms with Crippen molar-refractivity contribution in [1.82, 2.24) is 5.32 Å². The van der Waals surface area contributed by atoms with E-state index in [9.17, 15) is 5.11 Å². The van der Waals surface area contributed by atoms with E-state index < -0.39 is 0 Å². The van der Waals surface area contributed by atoms with Gasteiger partial charge in [-0.2, -0.15) is 0 Å². The fourth-order valence-corrected chi connectivity index (χ4v) is 3.16. The van der Waals surface area contributed by atoms with Gasteiger partial charge >= 0.3 is 0 Å². The molecule has 0 aromatic heterocycles. The lowest BCUT2D eigenvalue weighted by Crippen LogP contribution is -2.32. The summed E-state index contributed by atoms with van der Waals surface area (Å²) in [6, 6.07) is 8.65. The summed E-state index contributed by atoms with van der Waals surface area (Å²) in [5.41, 5.74) is 1.34. The quantitative estimate of drug-likeness (QED) is 0.792. The molecule has 0 heterocycles. The summed E-state index contributed by atoms with van der Waals surface area (Å²) in [6.45, 7) is 2.33. The molecular weight excluding hydrogens is 337 g/mol. The van der Waals surface area contributed by atoms with Crippen molar-refractivity contribution in [3.8, 4) is 0 Å². The second-order valence-corrected chi connectivity index (χ2v) is 6.49. The molecule has 0 saturated heterocycles. The molecule has 0 bridgehead atoms. The Morgan fingerprint density at radius 3 is 2.44 bits per heavy atom. The summed E-state index contributed by atoms with van der Waals surface area (Å²) in [5, 5.41) is 12.9. The molecule has 2 unspecified atom stereocenters. The topological polar surface area (TPSA) is 32.3 Å². The first-order chi connectivity index (χ1) is 8.79. The highest BCUT2D eigenvalue weighted by atomic mass is 127. The maximum absolute atomic E-state index is 9.38. The summed E-state index contributed by atoms with van der Waals surface area (Å²) in [4.78, 5) is 0. The molecule has 100 valence electrons. The van der Waals surface area contributed by atoms with Gasteiger partial charge < -0.3 is 10.4 Å². The Morgan fingerprint density at radius 1 is 1.11 bits per heavy atom. The monoisotopic (exact) mass is 359 g/mol. The van der Waals surface area contributed by atoms with Crippen LogP contribution < -0.4 is 5.32 Å². The first-order valence-corrected chi connectivity index (χ1v) is 7.93. The summed E-state index contributed by atoms with van der Waals surface area (Å²) in [5.74, 6) is 1.18. The third-order valence-electron chi connectivity index (χ3n) is 3.95. The Hall–Kier alpha value is -0.130. The molecule has 0 amide bonds. The number of rotatable bonds is 5. The van der Waals surface area contributed by atoms with Gasteiger partial charge in [-0.25, -0.2) is 0 Å². The largest absolute Gasteiger partial charge is 0.396 e. The first-order valence-electron chi connectivity index (χ1n) is 6.85. The number of aliphatic hydroxyl groups excluding tert-OH is 1. The molecule has 1 aromatic rings. The minimum Gasteiger partial charge on any atom is -0.396 e. The van der Waals surface area contributed by atoms with Crippen molar-refractivity contribution in [2.24, 2.45) is 11.8 Å². The van der Waals surface area contributed by atoms with Gasteiger partial charge in [0.25, 0.3) is 0 Å². The number of aliphatic hydroxyl groups is 1. The van der Waals surface area contributed by atoms with Crippen LogP contribution in [0.25, 0.3) is 0 Å². The van der Waals surface area contributed by atoms with Crippen LogP contribution in [0.15, 0.2) is 24.3 Å². The van der Waals surface area contributed by atoms with Crippen LogP contribution >= 0.6 is 22.6 Å². The molecule has 2 atom stereocenters. The average molecular weight is 359 g/mol. The van der Waals surface area contributed by atoms with Crippen molar-refractivity contribution >= 4 is 22.6 Å². The molecule has 0 radical (unpaired) electrons. The van der Waals surface area contributed by atoms with Gasteiger partial charge in [-0.05, 0) is 71.5 Å². The fraction of sp³-hybridized carbons (Fsp3) is 0.600. The third kappa shape index (κ3) is 4.21. The molecule has 1 aromatic carbocycles. The van der Waals surface area contributed by atoms with E-state index in [-0.39, 0.29) is 0 Å². The van der Waals surface area contributed by atoms with Gasteiger partial charge in [-0.1, -0.05) is 25.0 Å². The zero-order valence-electron chi connectivity index (χ0n) is 10.7. The number of halogens is 1. The van der Waals surface area contributed by atoms with Crippen LogP contribution in [0.5, 0.6) is 0 Å². The highest BCUT2D eigenvalue weighted by Gasteiger charge is 2.23. The second-order valence-electron chi connectivity index (χ2n) is 5.24. The highest BCUT2D eigenvalue weighted by molar-refractivity contribution is 14.1. The Balaban J connectivity index is 1.75. The van der Waals surface area contributed by atoms with Crippen LogP contribution in [0.3, 0.4) is 0 Å². The Kier molecular flexibility index (Phi) is 5.92. The van der Waals surface area contributed by atoms with Gasteiger partial charge in [-0.3, -0.25) is 0 Å². The van der Waals surface area contributed by atoms with Crippen molar-refractivity contribution < 1.29 is 5.11 Å². The van der Waals surface area contributed by atoms with Gasteiger partial charge in [0, 0.05) is 16.7 Å². The van der Waals surface area contributed by atoms with E-state index in [1.54, 1.807) is 0 Å². The summed E-state index contributed by atoms with van der Waals surface area (Å²) < 4.78 is 1.28. The van der Waals surface area contributed by atoms with E-state index in [4.69, 9.17) is 0 Å². The minimum atomic E-state index is 0.357. The van der Waals surface area contributed by atoms with Crippen molar-refractivity contribution in [2.45, 2.75) is 32.2 Å². The van der Waals surface area contributed by atoms with Crippen LogP contribution in [-0.2, 0) is 6.54 Å². The SMILES string of the molecule is OCC1CCCCC1CNCc1ccc(I)cc1. The molecule has 2 N–H and O–H groups in total. The lowest BCUT2D eigenvalue weighted by molar-refractivity contribution is 0.133. The molecule has 2 nitrogen and oxygen atoms in total. The van der Waals surface area contributed by atoms with E-state index >= 15 is 0 Å². The molecule has 0 aliphatic heterocycles. The minimum absolute atomic E-state index is 0.357. The Bertz CT molecular complexity index is 352. The van der Waals surface area contributed by atoms with Gasteiger partial charge in [0.2, 0.25) is 0 Å². The van der Waals surface area contributed by atoms with Crippen LogP contribution in [0.4, 0.5) is 0 Å². The number of nitrogens with one attached hydrogen (secondary N) is 1. The van der Waals surface area contributed by atoms with Crippen molar-refractivity contribution in [3.63, 3.8) is 0 Å². The van der Waals surface area contributed by atoms with E-state index in [0.29, 0.717) is 18.4 Å².